The van der Waals surface area contributed by atoms with Gasteiger partial charge in [-0.15, -0.1) is 11.3 Å². The molecule has 0 bridgehead atoms. The van der Waals surface area contributed by atoms with Crippen molar-refractivity contribution in [3.63, 3.8) is 0 Å². The van der Waals surface area contributed by atoms with Crippen molar-refractivity contribution >= 4 is 44.7 Å². The van der Waals surface area contributed by atoms with Gasteiger partial charge in [0.05, 0.1) is 16.6 Å². The van der Waals surface area contributed by atoms with Crippen molar-refractivity contribution in [2.75, 3.05) is 5.32 Å². The molecule has 4 heterocycles. The van der Waals surface area contributed by atoms with E-state index in [1.54, 1.807) is 49.6 Å². The van der Waals surface area contributed by atoms with Crippen LogP contribution in [0.4, 0.5) is 5.69 Å². The quantitative estimate of drug-likeness (QED) is 0.384. The lowest BCUT2D eigenvalue weighted by atomic mass is 10.2. The van der Waals surface area contributed by atoms with Crippen molar-refractivity contribution < 1.29 is 9.32 Å². The number of halogens is 1. The Hall–Kier alpha value is -3.89. The number of anilines is 1. The summed E-state index contributed by atoms with van der Waals surface area (Å²) in [6.45, 7) is 3.42. The van der Waals surface area contributed by atoms with Gasteiger partial charge in [0.15, 0.2) is 0 Å². The molecular formula is C23H17ClN6O3S. The maximum absolute atomic E-state index is 13.2. The number of aromatic nitrogens is 5. The highest BCUT2D eigenvalue weighted by Gasteiger charge is 2.21. The number of aryl methyl sites for hydroxylation is 1. The number of fused-ring (bicyclic) bond motifs is 1. The number of thiophene rings is 1. The number of carbonyl (C=O) groups is 1. The molecule has 5 aromatic rings. The molecule has 1 amide bonds. The van der Waals surface area contributed by atoms with E-state index in [2.05, 4.69) is 25.4 Å². The maximum atomic E-state index is 13.2. The highest BCUT2D eigenvalue weighted by Crippen LogP contribution is 2.35. The van der Waals surface area contributed by atoms with E-state index >= 15 is 0 Å². The summed E-state index contributed by atoms with van der Waals surface area (Å²) in [5.41, 5.74) is 2.46. The van der Waals surface area contributed by atoms with Gasteiger partial charge in [-0.05, 0) is 49.2 Å². The molecule has 0 unspecified atom stereocenters. The summed E-state index contributed by atoms with van der Waals surface area (Å²) in [6.07, 6.45) is 4.66. The fraction of sp³-hybridized carbons (Fsp3) is 0.130. The van der Waals surface area contributed by atoms with Gasteiger partial charge < -0.3 is 9.84 Å². The Labute approximate surface area is 202 Å². The fourth-order valence-corrected chi connectivity index (χ4v) is 4.73. The molecule has 0 spiro atoms. The predicted molar refractivity (Wildman–Crippen MR) is 130 cm³/mol. The number of amides is 1. The Morgan fingerprint density at radius 1 is 1.18 bits per heavy atom. The molecule has 0 radical (unpaired) electrons. The van der Waals surface area contributed by atoms with Crippen LogP contribution in [0, 0.1) is 13.8 Å². The third-order valence-corrected chi connectivity index (χ3v) is 6.93. The van der Waals surface area contributed by atoms with Crippen LogP contribution in [0.25, 0.3) is 32.4 Å². The van der Waals surface area contributed by atoms with E-state index in [4.69, 9.17) is 16.1 Å². The van der Waals surface area contributed by atoms with Crippen molar-refractivity contribution in [3.05, 3.63) is 75.6 Å². The number of rotatable bonds is 5. The number of carbonyl (C=O) groups excluding carboxylic acids is 1. The molecule has 0 aliphatic carbocycles. The van der Waals surface area contributed by atoms with Crippen LogP contribution in [0.15, 0.2) is 58.4 Å². The van der Waals surface area contributed by atoms with Crippen LogP contribution in [0.3, 0.4) is 0 Å². The molecule has 0 saturated carbocycles. The van der Waals surface area contributed by atoms with E-state index in [-0.39, 0.29) is 18.0 Å². The number of nitrogens with one attached hydrogen (secondary N) is 1. The normalized spacial score (nSPS) is 11.1. The second kappa shape index (κ2) is 8.81. The predicted octanol–water partition coefficient (Wildman–Crippen LogP) is 4.48. The minimum Gasteiger partial charge on any atom is -0.333 e. The monoisotopic (exact) mass is 492 g/mol. The van der Waals surface area contributed by atoms with Crippen LogP contribution in [0.5, 0.6) is 0 Å². The molecule has 9 nitrogen and oxygen atoms in total. The molecule has 0 saturated heterocycles. The van der Waals surface area contributed by atoms with Crippen LogP contribution in [-0.4, -0.2) is 30.6 Å². The van der Waals surface area contributed by atoms with Gasteiger partial charge in [0.2, 0.25) is 11.7 Å². The molecule has 0 atom stereocenters. The molecule has 1 N–H and O–H groups in total. The number of nitrogens with zero attached hydrogens (tertiary/aromatic N) is 5. The van der Waals surface area contributed by atoms with Gasteiger partial charge in [-0.1, -0.05) is 22.8 Å². The van der Waals surface area contributed by atoms with E-state index in [1.807, 2.05) is 6.92 Å². The van der Waals surface area contributed by atoms with Crippen LogP contribution < -0.4 is 10.9 Å². The maximum Gasteiger partial charge on any atom is 0.268 e. The molecule has 170 valence electrons. The standard InChI is InChI=1S/C23H17ClN6O3S/c1-12-15(24)4-3-5-16(12)27-17(31)10-30-11-26-22-18(23(30)32)13(2)19(34-22)21-28-20(29-33-21)14-6-8-25-9-7-14/h3-9,11H,10H2,1-2H3,(H,27,31). The Kier molecular flexibility index (Phi) is 5.68. The van der Waals surface area contributed by atoms with Gasteiger partial charge in [-0.25, -0.2) is 4.98 Å². The largest absolute Gasteiger partial charge is 0.333 e. The summed E-state index contributed by atoms with van der Waals surface area (Å²) < 4.78 is 6.73. The number of hydrogen-bond acceptors (Lipinski definition) is 8. The summed E-state index contributed by atoms with van der Waals surface area (Å²) in [5.74, 6) is 0.362. The Morgan fingerprint density at radius 3 is 2.76 bits per heavy atom. The van der Waals surface area contributed by atoms with Crippen molar-refractivity contribution in [2.24, 2.45) is 0 Å². The lowest BCUT2D eigenvalue weighted by molar-refractivity contribution is -0.116. The smallest absolute Gasteiger partial charge is 0.268 e. The molecule has 1 aromatic carbocycles. The Balaban J connectivity index is 1.44. The molecular weight excluding hydrogens is 476 g/mol. The molecule has 5 rings (SSSR count). The Morgan fingerprint density at radius 2 is 1.97 bits per heavy atom. The second-order valence-electron chi connectivity index (χ2n) is 7.53. The van der Waals surface area contributed by atoms with Gasteiger partial charge in [-0.3, -0.25) is 19.1 Å². The zero-order valence-corrected chi connectivity index (χ0v) is 19.6. The van der Waals surface area contributed by atoms with Crippen molar-refractivity contribution in [1.82, 2.24) is 24.7 Å². The van der Waals surface area contributed by atoms with Crippen molar-refractivity contribution in [2.45, 2.75) is 20.4 Å². The van der Waals surface area contributed by atoms with Gasteiger partial charge >= 0.3 is 0 Å². The topological polar surface area (TPSA) is 116 Å². The fourth-order valence-electron chi connectivity index (χ4n) is 3.50. The molecule has 34 heavy (non-hydrogen) atoms. The molecule has 0 aliphatic rings. The minimum absolute atomic E-state index is 0.189. The van der Waals surface area contributed by atoms with Crippen molar-refractivity contribution in [3.8, 4) is 22.2 Å². The van der Waals surface area contributed by atoms with E-state index in [0.717, 1.165) is 11.1 Å². The molecule has 4 aromatic heterocycles. The number of hydrogen-bond donors (Lipinski definition) is 1. The first-order valence-electron chi connectivity index (χ1n) is 10.2. The minimum atomic E-state index is -0.361. The SMILES string of the molecule is Cc1c(Cl)cccc1NC(=O)Cn1cnc2sc(-c3nc(-c4ccncc4)no3)c(C)c2c1=O. The summed E-state index contributed by atoms with van der Waals surface area (Å²) in [5, 5.41) is 7.79. The van der Waals surface area contributed by atoms with Gasteiger partial charge in [0.1, 0.15) is 11.4 Å². The average Bonchev–Trinajstić information content (AvgIpc) is 3.44. The van der Waals surface area contributed by atoms with Crippen LogP contribution >= 0.6 is 22.9 Å². The average molecular weight is 493 g/mol. The second-order valence-corrected chi connectivity index (χ2v) is 8.94. The van der Waals surface area contributed by atoms with E-state index in [9.17, 15) is 9.59 Å². The first kappa shape index (κ1) is 21.9. The van der Waals surface area contributed by atoms with Gasteiger partial charge in [0, 0.05) is 28.7 Å². The van der Waals surface area contributed by atoms with E-state index < -0.39 is 0 Å². The Bertz CT molecular complexity index is 1590. The summed E-state index contributed by atoms with van der Waals surface area (Å²) in [7, 11) is 0. The van der Waals surface area contributed by atoms with E-state index in [0.29, 0.717) is 43.1 Å². The first-order chi connectivity index (χ1) is 16.4. The van der Waals surface area contributed by atoms with Crippen molar-refractivity contribution in [1.29, 1.82) is 0 Å². The highest BCUT2D eigenvalue weighted by molar-refractivity contribution is 7.22. The van der Waals surface area contributed by atoms with Gasteiger partial charge in [-0.2, -0.15) is 4.98 Å². The molecule has 0 fully saturated rings. The summed E-state index contributed by atoms with van der Waals surface area (Å²) in [6, 6.07) is 8.81. The number of benzene rings is 1. The summed E-state index contributed by atoms with van der Waals surface area (Å²) in [4.78, 5) is 39.8. The molecule has 11 heteroatoms. The first-order valence-corrected chi connectivity index (χ1v) is 11.4. The lowest BCUT2D eigenvalue weighted by Gasteiger charge is -2.10. The zero-order valence-electron chi connectivity index (χ0n) is 18.1. The van der Waals surface area contributed by atoms with E-state index in [1.165, 1.54) is 22.2 Å². The zero-order chi connectivity index (χ0) is 23.8. The number of pyridine rings is 1. The van der Waals surface area contributed by atoms with Crippen LogP contribution in [-0.2, 0) is 11.3 Å². The third-order valence-electron chi connectivity index (χ3n) is 5.33. The highest BCUT2D eigenvalue weighted by atomic mass is 35.5. The third kappa shape index (κ3) is 3.97. The van der Waals surface area contributed by atoms with Crippen LogP contribution in [0.2, 0.25) is 5.02 Å². The lowest BCUT2D eigenvalue weighted by Crippen LogP contribution is -2.28. The summed E-state index contributed by atoms with van der Waals surface area (Å²) >= 11 is 7.40. The van der Waals surface area contributed by atoms with Gasteiger partial charge in [0.25, 0.3) is 11.4 Å². The molecule has 0 aliphatic heterocycles. The van der Waals surface area contributed by atoms with Crippen LogP contribution in [0.1, 0.15) is 11.1 Å².